The summed E-state index contributed by atoms with van der Waals surface area (Å²) in [5.41, 5.74) is 7.68. The van der Waals surface area contributed by atoms with E-state index in [0.29, 0.717) is 5.65 Å². The van der Waals surface area contributed by atoms with Crippen LogP contribution in [0.15, 0.2) is 66.7 Å². The average molecular weight is 438 g/mol. The van der Waals surface area contributed by atoms with Gasteiger partial charge in [-0.05, 0) is 29.6 Å². The number of pyridine rings is 3. The molecule has 6 aromatic heterocycles. The summed E-state index contributed by atoms with van der Waals surface area (Å²) < 4.78 is 0. The van der Waals surface area contributed by atoms with Gasteiger partial charge in [0.25, 0.3) is 0 Å². The van der Waals surface area contributed by atoms with Crippen molar-refractivity contribution in [3.8, 4) is 33.0 Å². The molecular weight excluding hydrogens is 418 g/mol. The Morgan fingerprint density at radius 1 is 0.906 bits per heavy atom. The van der Waals surface area contributed by atoms with E-state index in [-0.39, 0.29) is 0 Å². The van der Waals surface area contributed by atoms with Crippen molar-refractivity contribution in [1.82, 2.24) is 30.1 Å². The topological polar surface area (TPSA) is 86.4 Å². The Balaban J connectivity index is 1.49. The third kappa shape index (κ3) is 3.04. The highest BCUT2D eigenvalue weighted by molar-refractivity contribution is 7.13. The van der Waals surface area contributed by atoms with E-state index >= 15 is 0 Å². The fraction of sp³-hybridized carbons (Fsp3) is 0.0833. The molecule has 7 nitrogen and oxygen atoms in total. The molecule has 0 aliphatic heterocycles. The number of aromatic nitrogens is 6. The van der Waals surface area contributed by atoms with Crippen molar-refractivity contribution in [3.63, 3.8) is 0 Å². The van der Waals surface area contributed by atoms with Crippen LogP contribution in [0.1, 0.15) is 0 Å². The molecule has 8 heteroatoms. The van der Waals surface area contributed by atoms with Crippen molar-refractivity contribution < 1.29 is 0 Å². The van der Waals surface area contributed by atoms with E-state index in [1.807, 2.05) is 50.0 Å². The number of hydrogen-bond acceptors (Lipinski definition) is 6. The Bertz CT molecular complexity index is 1560. The first-order valence-corrected chi connectivity index (χ1v) is 11.0. The SMILES string of the molecule is CN(C)c1cncc(-c2cnc3n[nH]c(-c4cc5c(-c6cccs6)cncc5[nH]4)c3c2)c1. The first-order chi connectivity index (χ1) is 15.7. The van der Waals surface area contributed by atoms with Gasteiger partial charge in [0.05, 0.1) is 35.0 Å². The Hall–Kier alpha value is -4.04. The molecule has 2 N–H and O–H groups in total. The molecule has 0 aromatic carbocycles. The first kappa shape index (κ1) is 18.7. The summed E-state index contributed by atoms with van der Waals surface area (Å²) in [4.78, 5) is 20.1. The van der Waals surface area contributed by atoms with Crippen LogP contribution in [0.25, 0.3) is 54.9 Å². The van der Waals surface area contributed by atoms with Crippen molar-refractivity contribution in [2.45, 2.75) is 0 Å². The molecule has 32 heavy (non-hydrogen) atoms. The van der Waals surface area contributed by atoms with Gasteiger partial charge in [-0.25, -0.2) is 4.98 Å². The number of rotatable bonds is 4. The lowest BCUT2D eigenvalue weighted by molar-refractivity contribution is 1.10. The molecule has 0 saturated carbocycles. The molecule has 0 saturated heterocycles. The van der Waals surface area contributed by atoms with Crippen molar-refractivity contribution in [2.75, 3.05) is 19.0 Å². The number of aromatic amines is 2. The molecule has 0 atom stereocenters. The molecule has 0 fully saturated rings. The number of anilines is 1. The van der Waals surface area contributed by atoms with Gasteiger partial charge in [-0.2, -0.15) is 5.10 Å². The van der Waals surface area contributed by atoms with Crippen molar-refractivity contribution >= 4 is 39.0 Å². The van der Waals surface area contributed by atoms with E-state index in [1.54, 1.807) is 11.3 Å². The maximum absolute atomic E-state index is 4.58. The van der Waals surface area contributed by atoms with Gasteiger partial charge in [-0.15, -0.1) is 11.3 Å². The van der Waals surface area contributed by atoms with E-state index in [1.165, 1.54) is 4.88 Å². The highest BCUT2D eigenvalue weighted by atomic mass is 32.1. The van der Waals surface area contributed by atoms with Crippen LogP contribution in [0.4, 0.5) is 5.69 Å². The van der Waals surface area contributed by atoms with Crippen molar-refractivity contribution in [2.24, 2.45) is 0 Å². The molecular formula is C24H19N7S. The second-order valence-corrected chi connectivity index (χ2v) is 8.78. The largest absolute Gasteiger partial charge is 0.376 e. The van der Waals surface area contributed by atoms with E-state index in [9.17, 15) is 0 Å². The van der Waals surface area contributed by atoms with Crippen LogP contribution in [-0.2, 0) is 0 Å². The fourth-order valence-corrected chi connectivity index (χ4v) is 4.66. The molecule has 0 aliphatic rings. The molecule has 6 aromatic rings. The number of H-pyrrole nitrogens is 2. The Kier molecular flexibility index (Phi) is 4.26. The Labute approximate surface area is 187 Å². The minimum atomic E-state index is 0.677. The highest BCUT2D eigenvalue weighted by Gasteiger charge is 2.15. The predicted octanol–water partition coefficient (Wildman–Crippen LogP) is 5.36. The monoisotopic (exact) mass is 437 g/mol. The van der Waals surface area contributed by atoms with Gasteiger partial charge in [0.15, 0.2) is 5.65 Å². The Morgan fingerprint density at radius 3 is 2.62 bits per heavy atom. The maximum Gasteiger partial charge on any atom is 0.181 e. The lowest BCUT2D eigenvalue weighted by atomic mass is 10.1. The fourth-order valence-electron chi connectivity index (χ4n) is 3.91. The van der Waals surface area contributed by atoms with Crippen LogP contribution in [0.5, 0.6) is 0 Å². The van der Waals surface area contributed by atoms with Crippen molar-refractivity contribution in [1.29, 1.82) is 0 Å². The zero-order valence-corrected chi connectivity index (χ0v) is 18.3. The number of hydrogen-bond donors (Lipinski definition) is 2. The van der Waals surface area contributed by atoms with Gasteiger partial charge in [0.1, 0.15) is 0 Å². The van der Waals surface area contributed by atoms with Crippen LogP contribution >= 0.6 is 11.3 Å². The molecule has 6 rings (SSSR count). The number of thiophene rings is 1. The minimum Gasteiger partial charge on any atom is -0.376 e. The number of nitrogens with one attached hydrogen (secondary N) is 2. The molecule has 0 aliphatic carbocycles. The summed E-state index contributed by atoms with van der Waals surface area (Å²) in [5.74, 6) is 0. The second kappa shape index (κ2) is 7.28. The minimum absolute atomic E-state index is 0.677. The summed E-state index contributed by atoms with van der Waals surface area (Å²) in [5, 5.41) is 11.8. The summed E-state index contributed by atoms with van der Waals surface area (Å²) in [6.45, 7) is 0. The summed E-state index contributed by atoms with van der Waals surface area (Å²) in [6.07, 6.45) is 9.32. The van der Waals surface area contributed by atoms with Crippen LogP contribution in [-0.4, -0.2) is 44.2 Å². The molecule has 0 spiro atoms. The van der Waals surface area contributed by atoms with Gasteiger partial charge < -0.3 is 9.88 Å². The van der Waals surface area contributed by atoms with Crippen LogP contribution in [0.2, 0.25) is 0 Å². The van der Waals surface area contributed by atoms with Gasteiger partial charge in [0, 0.05) is 65.0 Å². The number of nitrogens with zero attached hydrogens (tertiary/aromatic N) is 5. The number of fused-ring (bicyclic) bond motifs is 2. The third-order valence-corrected chi connectivity index (χ3v) is 6.49. The van der Waals surface area contributed by atoms with E-state index in [4.69, 9.17) is 0 Å². The van der Waals surface area contributed by atoms with Gasteiger partial charge in [-0.1, -0.05) is 6.07 Å². The Morgan fingerprint density at radius 2 is 1.78 bits per heavy atom. The molecule has 0 bridgehead atoms. The quantitative estimate of drug-likeness (QED) is 0.388. The van der Waals surface area contributed by atoms with Gasteiger partial charge in [0.2, 0.25) is 0 Å². The zero-order chi connectivity index (χ0) is 21.7. The lowest BCUT2D eigenvalue weighted by Crippen LogP contribution is -2.08. The lowest BCUT2D eigenvalue weighted by Gasteiger charge is -2.12. The second-order valence-electron chi connectivity index (χ2n) is 7.83. The maximum atomic E-state index is 4.58. The van der Waals surface area contributed by atoms with Gasteiger partial charge >= 0.3 is 0 Å². The van der Waals surface area contributed by atoms with Crippen LogP contribution < -0.4 is 4.90 Å². The summed E-state index contributed by atoms with van der Waals surface area (Å²) in [7, 11) is 4.01. The van der Waals surface area contributed by atoms with Crippen molar-refractivity contribution in [3.05, 3.63) is 66.7 Å². The normalized spacial score (nSPS) is 11.4. The highest BCUT2D eigenvalue weighted by Crippen LogP contribution is 2.35. The predicted molar refractivity (Wildman–Crippen MR) is 130 cm³/mol. The molecule has 0 unspecified atom stereocenters. The molecule has 156 valence electrons. The summed E-state index contributed by atoms with van der Waals surface area (Å²) in [6, 6.07) is 10.5. The van der Waals surface area contributed by atoms with Crippen LogP contribution in [0, 0.1) is 0 Å². The zero-order valence-electron chi connectivity index (χ0n) is 17.5. The average Bonchev–Trinajstić information content (AvgIpc) is 3.57. The van der Waals surface area contributed by atoms with E-state index in [2.05, 4.69) is 65.8 Å². The molecule has 6 heterocycles. The third-order valence-electron chi connectivity index (χ3n) is 5.58. The van der Waals surface area contributed by atoms with Crippen LogP contribution in [0.3, 0.4) is 0 Å². The standard InChI is InChI=1S/C24H19N7S/c1-31(2)16-6-14(9-25-11-16)15-7-18-23(29-30-24(18)27-10-15)20-8-17-19(22-4-3-5-32-22)12-26-13-21(17)28-20/h3-13,28H,1-2H3,(H,27,29,30). The van der Waals surface area contributed by atoms with E-state index < -0.39 is 0 Å². The molecule has 0 radical (unpaired) electrons. The summed E-state index contributed by atoms with van der Waals surface area (Å²) >= 11 is 1.71. The molecule has 0 amide bonds. The van der Waals surface area contributed by atoms with E-state index in [0.717, 1.165) is 50.1 Å². The van der Waals surface area contributed by atoms with Gasteiger partial charge in [-0.3, -0.25) is 15.1 Å². The first-order valence-electron chi connectivity index (χ1n) is 10.2. The smallest absolute Gasteiger partial charge is 0.181 e.